The van der Waals surface area contributed by atoms with Gasteiger partial charge in [0.05, 0.1) is 24.4 Å². The predicted octanol–water partition coefficient (Wildman–Crippen LogP) is 3.39. The second-order valence-corrected chi connectivity index (χ2v) is 7.05. The molecule has 2 aromatic rings. The van der Waals surface area contributed by atoms with Gasteiger partial charge in [0.15, 0.2) is 0 Å². The van der Waals surface area contributed by atoms with Crippen LogP contribution in [0.2, 0.25) is 5.02 Å². The van der Waals surface area contributed by atoms with Gasteiger partial charge in [-0.2, -0.15) is 0 Å². The number of morpholine rings is 1. The second kappa shape index (κ2) is 7.47. The first-order valence-corrected chi connectivity index (χ1v) is 8.55. The van der Waals surface area contributed by atoms with Crippen LogP contribution in [0.5, 0.6) is 0 Å². The number of nitrogens with one attached hydrogen (secondary N) is 1. The van der Waals surface area contributed by atoms with Gasteiger partial charge >= 0.3 is 0 Å². The molecule has 1 N–H and O–H groups in total. The van der Waals surface area contributed by atoms with Gasteiger partial charge in [-0.3, -0.25) is 9.88 Å². The highest BCUT2D eigenvalue weighted by Gasteiger charge is 2.32. The summed E-state index contributed by atoms with van der Waals surface area (Å²) in [5.41, 5.74) is 1.09. The van der Waals surface area contributed by atoms with E-state index in [0.29, 0.717) is 0 Å². The van der Waals surface area contributed by atoms with Crippen molar-refractivity contribution in [2.45, 2.75) is 25.5 Å². The number of hydrogen-bond donors (Lipinski definition) is 1. The molecule has 0 amide bonds. The molecule has 1 atom stereocenters. The third kappa shape index (κ3) is 4.44. The topological polar surface area (TPSA) is 50.3 Å². The monoisotopic (exact) mass is 346 g/mol. The van der Waals surface area contributed by atoms with Crippen molar-refractivity contribution in [1.29, 1.82) is 0 Å². The Morgan fingerprint density at radius 2 is 2.08 bits per heavy atom. The summed E-state index contributed by atoms with van der Waals surface area (Å²) in [4.78, 5) is 10.9. The van der Waals surface area contributed by atoms with Crippen LogP contribution in [-0.4, -0.2) is 46.7 Å². The summed E-state index contributed by atoms with van der Waals surface area (Å²) in [6.07, 6.45) is 5.10. The molecule has 3 rings (SSSR count). The Labute approximate surface area is 148 Å². The molecule has 1 aromatic carbocycles. The second-order valence-electron chi connectivity index (χ2n) is 6.62. The minimum Gasteiger partial charge on any atom is -0.373 e. The summed E-state index contributed by atoms with van der Waals surface area (Å²) in [5.74, 6) is 0.781. The van der Waals surface area contributed by atoms with E-state index < -0.39 is 0 Å². The molecule has 1 aliphatic rings. The molecular weight excluding hydrogens is 324 g/mol. The first-order chi connectivity index (χ1) is 11.5. The predicted molar refractivity (Wildman–Crippen MR) is 96.3 cm³/mol. The Hall–Kier alpha value is -1.69. The van der Waals surface area contributed by atoms with E-state index in [9.17, 15) is 0 Å². The quantitative estimate of drug-likeness (QED) is 0.899. The maximum atomic E-state index is 6.05. The van der Waals surface area contributed by atoms with Crippen LogP contribution in [0.3, 0.4) is 0 Å². The minimum atomic E-state index is -0.143. The molecule has 0 aliphatic carbocycles. The number of benzene rings is 1. The highest BCUT2D eigenvalue weighted by molar-refractivity contribution is 6.30. The Morgan fingerprint density at radius 1 is 1.29 bits per heavy atom. The van der Waals surface area contributed by atoms with E-state index in [4.69, 9.17) is 16.3 Å². The van der Waals surface area contributed by atoms with E-state index in [1.54, 1.807) is 18.6 Å². The molecule has 1 fully saturated rings. The first-order valence-electron chi connectivity index (χ1n) is 8.17. The summed E-state index contributed by atoms with van der Waals surface area (Å²) in [7, 11) is 0. The van der Waals surface area contributed by atoms with Crippen molar-refractivity contribution < 1.29 is 4.74 Å². The van der Waals surface area contributed by atoms with Gasteiger partial charge in [-0.05, 0) is 31.5 Å². The van der Waals surface area contributed by atoms with Gasteiger partial charge in [0, 0.05) is 37.1 Å². The van der Waals surface area contributed by atoms with Gasteiger partial charge in [-0.15, -0.1) is 0 Å². The number of halogens is 1. The normalized spacial score (nSPS) is 19.0. The zero-order valence-electron chi connectivity index (χ0n) is 14.1. The van der Waals surface area contributed by atoms with E-state index in [0.717, 1.165) is 37.1 Å². The Morgan fingerprint density at radius 3 is 2.75 bits per heavy atom. The van der Waals surface area contributed by atoms with Crippen molar-refractivity contribution in [3.05, 3.63) is 53.4 Å². The molecule has 6 heteroatoms. The maximum Gasteiger partial charge on any atom is 0.144 e. The van der Waals surface area contributed by atoms with Crippen molar-refractivity contribution in [3.63, 3.8) is 0 Å². The lowest BCUT2D eigenvalue weighted by Gasteiger charge is -2.42. The number of ether oxygens (including phenoxy) is 1. The van der Waals surface area contributed by atoms with E-state index in [1.165, 1.54) is 5.56 Å². The van der Waals surface area contributed by atoms with E-state index in [-0.39, 0.29) is 11.6 Å². The number of hydrogen-bond acceptors (Lipinski definition) is 5. The molecule has 5 nitrogen and oxygen atoms in total. The van der Waals surface area contributed by atoms with Gasteiger partial charge in [-0.25, -0.2) is 4.98 Å². The molecule has 0 saturated carbocycles. The van der Waals surface area contributed by atoms with Gasteiger partial charge in [0.25, 0.3) is 0 Å². The zero-order chi connectivity index (χ0) is 17.0. The number of aromatic nitrogens is 2. The van der Waals surface area contributed by atoms with Crippen LogP contribution < -0.4 is 5.32 Å². The molecule has 1 aromatic heterocycles. The van der Waals surface area contributed by atoms with Gasteiger partial charge in [0.2, 0.25) is 0 Å². The van der Waals surface area contributed by atoms with Crippen LogP contribution in [0.25, 0.3) is 0 Å². The first kappa shape index (κ1) is 17.1. The lowest BCUT2D eigenvalue weighted by Crippen LogP contribution is -2.50. The van der Waals surface area contributed by atoms with E-state index >= 15 is 0 Å². The lowest BCUT2D eigenvalue weighted by molar-refractivity contribution is -0.0963. The molecule has 1 aliphatic heterocycles. The number of anilines is 1. The average Bonchev–Trinajstić information content (AvgIpc) is 2.57. The van der Waals surface area contributed by atoms with Crippen molar-refractivity contribution >= 4 is 17.4 Å². The van der Waals surface area contributed by atoms with E-state index in [2.05, 4.69) is 46.2 Å². The van der Waals surface area contributed by atoms with E-state index in [1.807, 2.05) is 12.1 Å². The highest BCUT2D eigenvalue weighted by Crippen LogP contribution is 2.28. The molecule has 0 radical (unpaired) electrons. The van der Waals surface area contributed by atoms with Crippen LogP contribution in [0.15, 0.2) is 42.9 Å². The highest BCUT2D eigenvalue weighted by atomic mass is 35.5. The van der Waals surface area contributed by atoms with Crippen molar-refractivity contribution in [1.82, 2.24) is 14.9 Å². The summed E-state index contributed by atoms with van der Waals surface area (Å²) in [6, 6.07) is 8.28. The van der Waals surface area contributed by atoms with Crippen molar-refractivity contribution in [2.24, 2.45) is 0 Å². The van der Waals surface area contributed by atoms with Gasteiger partial charge < -0.3 is 10.1 Å². The zero-order valence-corrected chi connectivity index (χ0v) is 14.8. The molecule has 2 heterocycles. The van der Waals surface area contributed by atoms with Crippen LogP contribution in [-0.2, 0) is 4.74 Å². The fourth-order valence-electron chi connectivity index (χ4n) is 3.05. The standard InChI is InChI=1S/C18H23ClN4O/c1-18(2)13-23(9-10-24-18)16(14-3-5-15(19)6-4-14)11-22-17-12-20-7-8-21-17/h3-8,12,16H,9-11,13H2,1-2H3,(H,21,22). The molecule has 1 saturated heterocycles. The molecule has 128 valence electrons. The summed E-state index contributed by atoms with van der Waals surface area (Å²) < 4.78 is 5.86. The Bertz CT molecular complexity index is 648. The smallest absolute Gasteiger partial charge is 0.144 e. The Kier molecular flexibility index (Phi) is 5.33. The summed E-state index contributed by atoms with van der Waals surface area (Å²) in [6.45, 7) is 7.53. The maximum absolute atomic E-state index is 6.05. The van der Waals surface area contributed by atoms with Crippen molar-refractivity contribution in [3.8, 4) is 0 Å². The summed E-state index contributed by atoms with van der Waals surface area (Å²) >= 11 is 6.05. The third-order valence-electron chi connectivity index (χ3n) is 4.19. The van der Waals surface area contributed by atoms with Crippen LogP contribution in [0.4, 0.5) is 5.82 Å². The summed E-state index contributed by atoms with van der Waals surface area (Å²) in [5, 5.41) is 4.14. The fraction of sp³-hybridized carbons (Fsp3) is 0.444. The molecule has 1 unspecified atom stereocenters. The molecule has 24 heavy (non-hydrogen) atoms. The van der Waals surface area contributed by atoms with Crippen molar-refractivity contribution in [2.75, 3.05) is 31.6 Å². The number of rotatable bonds is 5. The number of nitrogens with zero attached hydrogens (tertiary/aromatic N) is 3. The third-order valence-corrected chi connectivity index (χ3v) is 4.44. The molecular formula is C18H23ClN4O. The largest absolute Gasteiger partial charge is 0.373 e. The minimum absolute atomic E-state index is 0.143. The van der Waals surface area contributed by atoms with Gasteiger partial charge in [-0.1, -0.05) is 23.7 Å². The van der Waals surface area contributed by atoms with Crippen LogP contribution in [0, 0.1) is 0 Å². The van der Waals surface area contributed by atoms with Crippen LogP contribution in [0.1, 0.15) is 25.5 Å². The fourth-order valence-corrected chi connectivity index (χ4v) is 3.18. The van der Waals surface area contributed by atoms with Crippen LogP contribution >= 0.6 is 11.6 Å². The Balaban J connectivity index is 1.79. The molecule has 0 bridgehead atoms. The van der Waals surface area contributed by atoms with Gasteiger partial charge in [0.1, 0.15) is 5.82 Å². The lowest BCUT2D eigenvalue weighted by atomic mass is 10.0. The SMILES string of the molecule is CC1(C)CN(C(CNc2cnccn2)c2ccc(Cl)cc2)CCO1. The average molecular weight is 347 g/mol. The molecule has 0 spiro atoms.